The van der Waals surface area contributed by atoms with Gasteiger partial charge in [-0.2, -0.15) is 0 Å². The molecule has 1 heterocycles. The Balaban J connectivity index is 1.84. The Bertz CT molecular complexity index is 434. The van der Waals surface area contributed by atoms with Crippen LogP contribution in [0.5, 0.6) is 0 Å². The number of rotatable bonds is 10. The molecular weight excluding hydrogens is 381 g/mol. The summed E-state index contributed by atoms with van der Waals surface area (Å²) in [6, 6.07) is 11.2. The molecule has 1 aromatic rings. The van der Waals surface area contributed by atoms with Gasteiger partial charge < -0.3 is 0 Å². The zero-order valence-electron chi connectivity index (χ0n) is 15.1. The van der Waals surface area contributed by atoms with E-state index in [1.807, 2.05) is 3.26 Å². The number of piperidine rings is 1. The molecule has 0 unspecified atom stereocenters. The average molecular weight is 415 g/mol. The Morgan fingerprint density at radius 3 is 2.43 bits per heavy atom. The predicted molar refractivity (Wildman–Crippen MR) is 105 cm³/mol. The van der Waals surface area contributed by atoms with Gasteiger partial charge in [0, 0.05) is 0 Å². The maximum absolute atomic E-state index is 2.77. The molecule has 1 nitrogen and oxygen atoms in total. The van der Waals surface area contributed by atoms with Crippen molar-refractivity contribution in [3.8, 4) is 0 Å². The van der Waals surface area contributed by atoms with Crippen LogP contribution >= 0.6 is 0 Å². The Kier molecular flexibility index (Phi) is 10.3. The Hall–Kier alpha value is -0.0799. The van der Waals surface area contributed by atoms with Crippen LogP contribution in [0.25, 0.3) is 0 Å². The van der Waals surface area contributed by atoms with Crippen molar-refractivity contribution in [1.82, 2.24) is 4.90 Å². The first-order valence-electron chi connectivity index (χ1n) is 9.82. The summed E-state index contributed by atoms with van der Waals surface area (Å²) in [5.41, 5.74) is 1.54. The van der Waals surface area contributed by atoms with E-state index >= 15 is 0 Å². The standard InChI is InChI=1S/C15H22.C6H12N.In/c1-2-3-4-5-6-7-9-12-15-13-10-8-11-14-15;1-7-5-3-2-4-6-7;/h8,10-11,13-14H,2-7,12H2,1H3;1-6H2;. The van der Waals surface area contributed by atoms with Gasteiger partial charge in [-0.25, -0.2) is 0 Å². The van der Waals surface area contributed by atoms with Crippen LogP contribution in [0.1, 0.15) is 70.3 Å². The van der Waals surface area contributed by atoms with Gasteiger partial charge in [0.2, 0.25) is 0 Å². The second-order valence-corrected chi connectivity index (χ2v) is 11.6. The van der Waals surface area contributed by atoms with Gasteiger partial charge >= 0.3 is 155 Å². The molecule has 1 aromatic carbocycles. The van der Waals surface area contributed by atoms with E-state index in [9.17, 15) is 0 Å². The zero-order chi connectivity index (χ0) is 16.2. The molecule has 1 aliphatic rings. The van der Waals surface area contributed by atoms with E-state index in [0.29, 0.717) is 0 Å². The number of benzene rings is 1. The molecule has 0 aromatic heterocycles. The normalized spacial score (nSPS) is 16.3. The van der Waals surface area contributed by atoms with Crippen molar-refractivity contribution in [1.29, 1.82) is 0 Å². The van der Waals surface area contributed by atoms with E-state index in [1.165, 1.54) is 81.6 Å². The third-order valence-corrected chi connectivity index (χ3v) is 10.0. The van der Waals surface area contributed by atoms with Crippen molar-refractivity contribution in [2.24, 2.45) is 0 Å². The third kappa shape index (κ3) is 8.54. The Morgan fingerprint density at radius 1 is 0.957 bits per heavy atom. The van der Waals surface area contributed by atoms with Gasteiger partial charge in [0.05, 0.1) is 0 Å². The molecule has 0 amide bonds. The van der Waals surface area contributed by atoms with Gasteiger partial charge in [0.25, 0.3) is 0 Å². The van der Waals surface area contributed by atoms with E-state index in [4.69, 9.17) is 0 Å². The molecule has 1 fully saturated rings. The SMILES string of the molecule is CCCCCCC[C](Cc1ccccc1)=[In][CH2]N1CCCCC1. The van der Waals surface area contributed by atoms with Gasteiger partial charge in [-0.15, -0.1) is 0 Å². The van der Waals surface area contributed by atoms with Gasteiger partial charge in [-0.1, -0.05) is 0 Å². The minimum atomic E-state index is -0.564. The fourth-order valence-electron chi connectivity index (χ4n) is 3.48. The summed E-state index contributed by atoms with van der Waals surface area (Å²) in [7, 11) is 0. The van der Waals surface area contributed by atoms with Crippen molar-refractivity contribution < 1.29 is 0 Å². The molecule has 2 rings (SSSR count). The molecule has 23 heavy (non-hydrogen) atoms. The second-order valence-electron chi connectivity index (χ2n) is 7.05. The van der Waals surface area contributed by atoms with E-state index in [1.54, 1.807) is 5.56 Å². The average Bonchev–Trinajstić information content (AvgIpc) is 2.61. The summed E-state index contributed by atoms with van der Waals surface area (Å²) in [5.74, 6) is 0. The molecule has 0 spiro atoms. The summed E-state index contributed by atoms with van der Waals surface area (Å²) in [6.07, 6.45) is 14.1. The fourth-order valence-corrected chi connectivity index (χ4v) is 8.24. The number of unbranched alkanes of at least 4 members (excludes halogenated alkanes) is 4. The van der Waals surface area contributed by atoms with Crippen molar-refractivity contribution in [3.63, 3.8) is 0 Å². The first-order valence-corrected chi connectivity index (χ1v) is 13.8. The van der Waals surface area contributed by atoms with Gasteiger partial charge in [0.1, 0.15) is 0 Å². The monoisotopic (exact) mass is 415 g/mol. The van der Waals surface area contributed by atoms with Crippen molar-refractivity contribution >= 4 is 25.7 Å². The molecule has 0 saturated carbocycles. The number of nitrogens with zero attached hydrogens (tertiary/aromatic N) is 1. The van der Waals surface area contributed by atoms with E-state index < -0.39 is 22.4 Å². The fraction of sp³-hybridized carbons (Fsp3) is 0.667. The van der Waals surface area contributed by atoms with Crippen LogP contribution in [0.2, 0.25) is 0 Å². The minimum absolute atomic E-state index is 0.564. The van der Waals surface area contributed by atoms with E-state index in [2.05, 4.69) is 42.2 Å². The molecule has 0 aliphatic carbocycles. The summed E-state index contributed by atoms with van der Waals surface area (Å²) >= 11 is -0.564. The first kappa shape index (κ1) is 19.2. The zero-order valence-corrected chi connectivity index (χ0v) is 18.4. The Labute approximate surface area is 154 Å². The molecule has 0 atom stereocenters. The van der Waals surface area contributed by atoms with Crippen molar-refractivity contribution in [2.75, 3.05) is 17.4 Å². The van der Waals surface area contributed by atoms with Gasteiger partial charge in [-0.05, 0) is 0 Å². The molecule has 0 bridgehead atoms. The number of likely N-dealkylation sites (tertiary alicyclic amines) is 1. The molecular formula is C21H34InN. The predicted octanol–water partition coefficient (Wildman–Crippen LogP) is 4.91. The van der Waals surface area contributed by atoms with Crippen LogP contribution in [-0.2, 0) is 6.42 Å². The molecule has 2 heteroatoms. The van der Waals surface area contributed by atoms with Crippen LogP contribution in [0.4, 0.5) is 0 Å². The summed E-state index contributed by atoms with van der Waals surface area (Å²) < 4.78 is 3.44. The number of hydrogen-bond acceptors (Lipinski definition) is 1. The Morgan fingerprint density at radius 2 is 1.70 bits per heavy atom. The van der Waals surface area contributed by atoms with E-state index in [-0.39, 0.29) is 0 Å². The van der Waals surface area contributed by atoms with Crippen LogP contribution in [0.15, 0.2) is 30.3 Å². The van der Waals surface area contributed by atoms with E-state index in [0.717, 1.165) is 0 Å². The van der Waals surface area contributed by atoms with Crippen LogP contribution in [0, 0.1) is 0 Å². The van der Waals surface area contributed by atoms with Gasteiger partial charge in [0.15, 0.2) is 0 Å². The number of hydrogen-bond donors (Lipinski definition) is 0. The van der Waals surface area contributed by atoms with Crippen LogP contribution in [0.3, 0.4) is 0 Å². The maximum atomic E-state index is 2.77. The quantitative estimate of drug-likeness (QED) is 0.491. The van der Waals surface area contributed by atoms with Crippen LogP contribution in [-0.4, -0.2) is 48.0 Å². The summed E-state index contributed by atoms with van der Waals surface area (Å²) in [4.78, 5) is 2.77. The first-order chi connectivity index (χ1) is 11.4. The third-order valence-electron chi connectivity index (χ3n) is 4.96. The van der Waals surface area contributed by atoms with Crippen molar-refractivity contribution in [2.45, 2.75) is 71.1 Å². The molecule has 0 radical (unpaired) electrons. The molecule has 0 N–H and O–H groups in total. The van der Waals surface area contributed by atoms with Crippen LogP contribution < -0.4 is 0 Å². The second kappa shape index (κ2) is 12.3. The molecule has 1 aliphatic heterocycles. The summed E-state index contributed by atoms with van der Waals surface area (Å²) in [6.45, 7) is 5.06. The summed E-state index contributed by atoms with van der Waals surface area (Å²) in [5, 5.41) is 0. The topological polar surface area (TPSA) is 3.24 Å². The van der Waals surface area contributed by atoms with Gasteiger partial charge in [-0.3, -0.25) is 0 Å². The van der Waals surface area contributed by atoms with Crippen molar-refractivity contribution in [3.05, 3.63) is 35.9 Å². The molecule has 1 saturated heterocycles. The molecule has 126 valence electrons.